The van der Waals surface area contributed by atoms with Crippen LogP contribution < -0.4 is 5.32 Å². The SMILES string of the molecule is Cc1ccc(C)c2c1N[C@H](c1cccc(F)c1)[C@H]1CC=C[C@H]21. The molecule has 4 rings (SSSR count). The molecule has 0 unspecified atom stereocenters. The van der Waals surface area contributed by atoms with E-state index in [0.717, 1.165) is 12.0 Å². The van der Waals surface area contributed by atoms with Crippen molar-refractivity contribution in [3.8, 4) is 0 Å². The highest BCUT2D eigenvalue weighted by molar-refractivity contribution is 5.66. The first-order chi connectivity index (χ1) is 10.6. The van der Waals surface area contributed by atoms with Crippen LogP contribution in [0.25, 0.3) is 0 Å². The first-order valence-corrected chi connectivity index (χ1v) is 7.94. The molecule has 112 valence electrons. The van der Waals surface area contributed by atoms with E-state index in [4.69, 9.17) is 0 Å². The summed E-state index contributed by atoms with van der Waals surface area (Å²) in [7, 11) is 0. The second-order valence-electron chi connectivity index (χ2n) is 6.52. The maximum absolute atomic E-state index is 13.7. The highest BCUT2D eigenvalue weighted by atomic mass is 19.1. The number of fused-ring (bicyclic) bond motifs is 3. The van der Waals surface area contributed by atoms with Crippen LogP contribution in [0.5, 0.6) is 0 Å². The second-order valence-corrected chi connectivity index (χ2v) is 6.52. The minimum Gasteiger partial charge on any atom is -0.377 e. The Labute approximate surface area is 130 Å². The summed E-state index contributed by atoms with van der Waals surface area (Å²) in [5.74, 6) is 0.743. The van der Waals surface area contributed by atoms with Gasteiger partial charge in [0.2, 0.25) is 0 Å². The van der Waals surface area contributed by atoms with Gasteiger partial charge in [-0.2, -0.15) is 0 Å². The van der Waals surface area contributed by atoms with E-state index in [-0.39, 0.29) is 11.9 Å². The summed E-state index contributed by atoms with van der Waals surface area (Å²) in [6, 6.07) is 11.6. The van der Waals surface area contributed by atoms with Crippen LogP contribution >= 0.6 is 0 Å². The average molecular weight is 293 g/mol. The maximum atomic E-state index is 13.7. The van der Waals surface area contributed by atoms with Crippen LogP contribution in [-0.2, 0) is 0 Å². The molecule has 0 aromatic heterocycles. The van der Waals surface area contributed by atoms with Gasteiger partial charge in [0.1, 0.15) is 5.82 Å². The summed E-state index contributed by atoms with van der Waals surface area (Å²) >= 11 is 0. The van der Waals surface area contributed by atoms with Crippen molar-refractivity contribution in [1.29, 1.82) is 0 Å². The Bertz CT molecular complexity index is 762. The number of benzene rings is 2. The van der Waals surface area contributed by atoms with Crippen LogP contribution in [0.3, 0.4) is 0 Å². The second kappa shape index (κ2) is 4.98. The monoisotopic (exact) mass is 293 g/mol. The third kappa shape index (κ3) is 1.98. The van der Waals surface area contributed by atoms with E-state index in [1.165, 1.54) is 28.4 Å². The zero-order valence-corrected chi connectivity index (χ0v) is 12.9. The maximum Gasteiger partial charge on any atom is 0.123 e. The van der Waals surface area contributed by atoms with Crippen molar-refractivity contribution >= 4 is 5.69 Å². The third-order valence-corrected chi connectivity index (χ3v) is 5.15. The molecule has 1 N–H and O–H groups in total. The van der Waals surface area contributed by atoms with E-state index in [2.05, 4.69) is 43.4 Å². The zero-order valence-electron chi connectivity index (χ0n) is 12.9. The molecular formula is C20H20FN. The zero-order chi connectivity index (χ0) is 15.3. The minimum atomic E-state index is -0.159. The number of aryl methyl sites for hydroxylation is 2. The number of hydrogen-bond acceptors (Lipinski definition) is 1. The van der Waals surface area contributed by atoms with E-state index >= 15 is 0 Å². The highest BCUT2D eigenvalue weighted by Gasteiger charge is 2.39. The standard InChI is InChI=1S/C20H20FN/c1-12-9-10-13(2)19-18(12)16-7-4-8-17(16)20(22-19)14-5-3-6-15(21)11-14/h3-7,9-11,16-17,20,22H,8H2,1-2H3/t16-,17-,20+/m0/s1. The van der Waals surface area contributed by atoms with Crippen molar-refractivity contribution < 1.29 is 4.39 Å². The topological polar surface area (TPSA) is 12.0 Å². The average Bonchev–Trinajstić information content (AvgIpc) is 2.99. The van der Waals surface area contributed by atoms with Gasteiger partial charge in [-0.3, -0.25) is 0 Å². The molecule has 2 heteroatoms. The summed E-state index contributed by atoms with van der Waals surface area (Å²) in [5.41, 5.74) is 6.31. The van der Waals surface area contributed by atoms with Crippen LogP contribution in [0.2, 0.25) is 0 Å². The molecule has 0 saturated carbocycles. The molecule has 0 bridgehead atoms. The quantitative estimate of drug-likeness (QED) is 0.706. The number of nitrogens with one attached hydrogen (secondary N) is 1. The molecule has 0 spiro atoms. The molecule has 2 aliphatic rings. The Morgan fingerprint density at radius 1 is 1.09 bits per heavy atom. The van der Waals surface area contributed by atoms with E-state index in [9.17, 15) is 4.39 Å². The lowest BCUT2D eigenvalue weighted by molar-refractivity contribution is 0.422. The smallest absolute Gasteiger partial charge is 0.123 e. The molecule has 0 amide bonds. The molecule has 1 nitrogen and oxygen atoms in total. The third-order valence-electron chi connectivity index (χ3n) is 5.15. The molecule has 0 saturated heterocycles. The van der Waals surface area contributed by atoms with Crippen molar-refractivity contribution in [3.05, 3.63) is 76.6 Å². The Morgan fingerprint density at radius 3 is 2.73 bits per heavy atom. The van der Waals surface area contributed by atoms with Gasteiger partial charge >= 0.3 is 0 Å². The van der Waals surface area contributed by atoms with Crippen molar-refractivity contribution in [2.24, 2.45) is 5.92 Å². The van der Waals surface area contributed by atoms with Gasteiger partial charge in [-0.25, -0.2) is 4.39 Å². The van der Waals surface area contributed by atoms with Crippen molar-refractivity contribution in [1.82, 2.24) is 0 Å². The summed E-state index contributed by atoms with van der Waals surface area (Å²) in [6.07, 6.45) is 5.66. The Balaban J connectivity index is 1.86. The van der Waals surface area contributed by atoms with Gasteiger partial charge in [0.25, 0.3) is 0 Å². The minimum absolute atomic E-state index is 0.159. The first-order valence-electron chi connectivity index (χ1n) is 7.94. The molecule has 1 heterocycles. The molecule has 1 aliphatic carbocycles. The van der Waals surface area contributed by atoms with E-state index in [0.29, 0.717) is 11.8 Å². The summed E-state index contributed by atoms with van der Waals surface area (Å²) in [6.45, 7) is 4.33. The highest BCUT2D eigenvalue weighted by Crippen LogP contribution is 2.51. The number of allylic oxidation sites excluding steroid dienone is 2. The fraction of sp³-hybridized carbons (Fsp3) is 0.300. The number of halogens is 1. The Morgan fingerprint density at radius 2 is 1.91 bits per heavy atom. The molecule has 1 aliphatic heterocycles. The van der Waals surface area contributed by atoms with Gasteiger partial charge in [0, 0.05) is 11.6 Å². The van der Waals surface area contributed by atoms with Crippen molar-refractivity contribution in [2.75, 3.05) is 5.32 Å². The molecule has 2 aromatic rings. The summed E-state index contributed by atoms with van der Waals surface area (Å²) in [4.78, 5) is 0. The Hall–Kier alpha value is -2.09. The van der Waals surface area contributed by atoms with Crippen LogP contribution in [0.4, 0.5) is 10.1 Å². The van der Waals surface area contributed by atoms with Gasteiger partial charge in [-0.05, 0) is 60.6 Å². The van der Waals surface area contributed by atoms with E-state index < -0.39 is 0 Å². The lowest BCUT2D eigenvalue weighted by Gasteiger charge is -2.39. The molecule has 0 radical (unpaired) electrons. The van der Waals surface area contributed by atoms with Gasteiger partial charge in [0.15, 0.2) is 0 Å². The van der Waals surface area contributed by atoms with Crippen LogP contribution in [0, 0.1) is 25.6 Å². The molecular weight excluding hydrogens is 273 g/mol. The summed E-state index contributed by atoms with van der Waals surface area (Å²) in [5, 5.41) is 3.71. The molecule has 3 atom stereocenters. The van der Waals surface area contributed by atoms with Crippen LogP contribution in [0.15, 0.2) is 48.6 Å². The molecule has 0 fully saturated rings. The number of rotatable bonds is 1. The normalized spacial score (nSPS) is 25.5. The first kappa shape index (κ1) is 13.6. The van der Waals surface area contributed by atoms with E-state index in [1.807, 2.05) is 12.1 Å². The van der Waals surface area contributed by atoms with Crippen molar-refractivity contribution in [3.63, 3.8) is 0 Å². The predicted molar refractivity (Wildman–Crippen MR) is 88.7 cm³/mol. The van der Waals surface area contributed by atoms with Gasteiger partial charge in [-0.1, -0.05) is 36.4 Å². The number of anilines is 1. The molecule has 22 heavy (non-hydrogen) atoms. The lowest BCUT2D eigenvalue weighted by atomic mass is 9.75. The van der Waals surface area contributed by atoms with Crippen molar-refractivity contribution in [2.45, 2.75) is 32.2 Å². The molecule has 2 aromatic carbocycles. The van der Waals surface area contributed by atoms with Gasteiger partial charge in [0.05, 0.1) is 6.04 Å². The van der Waals surface area contributed by atoms with Crippen LogP contribution in [0.1, 0.15) is 40.6 Å². The van der Waals surface area contributed by atoms with Gasteiger partial charge < -0.3 is 5.32 Å². The lowest BCUT2D eigenvalue weighted by Crippen LogP contribution is -2.30. The van der Waals surface area contributed by atoms with Crippen LogP contribution in [-0.4, -0.2) is 0 Å². The predicted octanol–water partition coefficient (Wildman–Crippen LogP) is 5.27. The Kier molecular flexibility index (Phi) is 3.07. The number of hydrogen-bond donors (Lipinski definition) is 1. The largest absolute Gasteiger partial charge is 0.377 e. The van der Waals surface area contributed by atoms with E-state index in [1.54, 1.807) is 6.07 Å². The van der Waals surface area contributed by atoms with Gasteiger partial charge in [-0.15, -0.1) is 0 Å². The summed E-state index contributed by atoms with van der Waals surface area (Å²) < 4.78 is 13.7. The fourth-order valence-electron chi connectivity index (χ4n) is 4.07. The fourth-order valence-corrected chi connectivity index (χ4v) is 4.07.